The zero-order valence-electron chi connectivity index (χ0n) is 12.9. The summed E-state index contributed by atoms with van der Waals surface area (Å²) in [4.78, 5) is 12.6. The van der Waals surface area contributed by atoms with E-state index in [1.807, 2.05) is 25.1 Å². The maximum absolute atomic E-state index is 12.6. The van der Waals surface area contributed by atoms with E-state index >= 15 is 0 Å². The SMILES string of the molecule is Cc1nnc(NC(=O)C(Cc2ccccc2)C(C)(C)C)s1. The second-order valence-electron chi connectivity index (χ2n) is 6.22. The Labute approximate surface area is 129 Å². The van der Waals surface area contributed by atoms with Gasteiger partial charge in [0.15, 0.2) is 0 Å². The fourth-order valence-electron chi connectivity index (χ4n) is 2.18. The third kappa shape index (κ3) is 4.36. The van der Waals surface area contributed by atoms with Gasteiger partial charge in [-0.1, -0.05) is 62.4 Å². The maximum Gasteiger partial charge on any atom is 0.230 e. The van der Waals surface area contributed by atoms with Crippen molar-refractivity contribution in [1.82, 2.24) is 10.2 Å². The maximum atomic E-state index is 12.6. The molecule has 1 atom stereocenters. The van der Waals surface area contributed by atoms with Crippen molar-refractivity contribution in [2.24, 2.45) is 11.3 Å². The lowest BCUT2D eigenvalue weighted by Crippen LogP contribution is -2.34. The largest absolute Gasteiger partial charge is 0.300 e. The number of rotatable bonds is 4. The molecule has 2 rings (SSSR count). The van der Waals surface area contributed by atoms with E-state index in [2.05, 4.69) is 48.4 Å². The number of aryl methyl sites for hydroxylation is 1. The van der Waals surface area contributed by atoms with E-state index in [1.165, 1.54) is 16.9 Å². The van der Waals surface area contributed by atoms with Crippen LogP contribution in [0.25, 0.3) is 0 Å². The zero-order chi connectivity index (χ0) is 15.5. The summed E-state index contributed by atoms with van der Waals surface area (Å²) in [5, 5.41) is 12.2. The van der Waals surface area contributed by atoms with Gasteiger partial charge in [0.2, 0.25) is 11.0 Å². The van der Waals surface area contributed by atoms with Crippen LogP contribution in [0, 0.1) is 18.3 Å². The highest BCUT2D eigenvalue weighted by Crippen LogP contribution is 2.30. The Balaban J connectivity index is 2.14. The van der Waals surface area contributed by atoms with Gasteiger partial charge in [0, 0.05) is 5.92 Å². The average molecular weight is 303 g/mol. The van der Waals surface area contributed by atoms with E-state index in [1.54, 1.807) is 0 Å². The first-order valence-electron chi connectivity index (χ1n) is 7.01. The van der Waals surface area contributed by atoms with Crippen molar-refractivity contribution >= 4 is 22.4 Å². The normalized spacial score (nSPS) is 13.0. The fraction of sp³-hybridized carbons (Fsp3) is 0.438. The molecule has 1 unspecified atom stereocenters. The Morgan fingerprint density at radius 1 is 1.24 bits per heavy atom. The Bertz CT molecular complexity index is 601. The van der Waals surface area contributed by atoms with Crippen LogP contribution in [0.4, 0.5) is 5.13 Å². The second-order valence-corrected chi connectivity index (χ2v) is 7.41. The molecule has 0 aliphatic carbocycles. The molecule has 0 saturated heterocycles. The number of benzene rings is 1. The molecule has 0 fully saturated rings. The summed E-state index contributed by atoms with van der Waals surface area (Å²) in [6.07, 6.45) is 0.716. The fourth-order valence-corrected chi connectivity index (χ4v) is 2.78. The molecule has 0 spiro atoms. The lowest BCUT2D eigenvalue weighted by Gasteiger charge is -2.29. The summed E-state index contributed by atoms with van der Waals surface area (Å²) in [7, 11) is 0. The van der Waals surface area contributed by atoms with Gasteiger partial charge < -0.3 is 5.32 Å². The van der Waals surface area contributed by atoms with Crippen LogP contribution in [0.2, 0.25) is 0 Å². The van der Waals surface area contributed by atoms with Gasteiger partial charge in [0.25, 0.3) is 0 Å². The second kappa shape index (κ2) is 6.35. The molecule has 1 amide bonds. The average Bonchev–Trinajstić information content (AvgIpc) is 2.81. The lowest BCUT2D eigenvalue weighted by molar-refractivity contribution is -0.122. The number of amides is 1. The first-order valence-corrected chi connectivity index (χ1v) is 7.83. The summed E-state index contributed by atoms with van der Waals surface area (Å²) in [5.41, 5.74) is 1.04. The van der Waals surface area contributed by atoms with Crippen molar-refractivity contribution < 1.29 is 4.79 Å². The van der Waals surface area contributed by atoms with Crippen LogP contribution in [0.5, 0.6) is 0 Å². The monoisotopic (exact) mass is 303 g/mol. The Kier molecular flexibility index (Phi) is 4.73. The molecule has 1 N–H and O–H groups in total. The van der Waals surface area contributed by atoms with Gasteiger partial charge in [-0.15, -0.1) is 10.2 Å². The van der Waals surface area contributed by atoms with Gasteiger partial charge in [-0.05, 0) is 24.3 Å². The predicted octanol–water partition coefficient (Wildman–Crippen LogP) is 3.69. The highest BCUT2D eigenvalue weighted by Gasteiger charge is 2.31. The van der Waals surface area contributed by atoms with Crippen LogP contribution in [0.15, 0.2) is 30.3 Å². The predicted molar refractivity (Wildman–Crippen MR) is 86.4 cm³/mol. The number of nitrogens with one attached hydrogen (secondary N) is 1. The quantitative estimate of drug-likeness (QED) is 0.937. The summed E-state index contributed by atoms with van der Waals surface area (Å²) in [6, 6.07) is 10.1. The van der Waals surface area contributed by atoms with Crippen LogP contribution in [0.3, 0.4) is 0 Å². The number of anilines is 1. The first-order chi connectivity index (χ1) is 9.86. The van der Waals surface area contributed by atoms with Crippen molar-refractivity contribution in [3.63, 3.8) is 0 Å². The minimum absolute atomic E-state index is 0.00232. The third-order valence-corrected chi connectivity index (χ3v) is 4.15. The molecule has 0 saturated carbocycles. The molecule has 5 heteroatoms. The summed E-state index contributed by atoms with van der Waals surface area (Å²) in [6.45, 7) is 8.14. The smallest absolute Gasteiger partial charge is 0.230 e. The minimum Gasteiger partial charge on any atom is -0.300 e. The van der Waals surface area contributed by atoms with Gasteiger partial charge in [-0.2, -0.15) is 0 Å². The lowest BCUT2D eigenvalue weighted by atomic mass is 9.76. The van der Waals surface area contributed by atoms with Crippen LogP contribution in [-0.4, -0.2) is 16.1 Å². The van der Waals surface area contributed by atoms with Crippen LogP contribution >= 0.6 is 11.3 Å². The van der Waals surface area contributed by atoms with Crippen molar-refractivity contribution in [3.05, 3.63) is 40.9 Å². The number of carbonyl (C=O) groups is 1. The third-order valence-electron chi connectivity index (χ3n) is 3.40. The number of carbonyl (C=O) groups excluding carboxylic acids is 1. The van der Waals surface area contributed by atoms with Gasteiger partial charge >= 0.3 is 0 Å². The molecule has 1 aromatic carbocycles. The van der Waals surface area contributed by atoms with E-state index in [-0.39, 0.29) is 17.2 Å². The van der Waals surface area contributed by atoms with E-state index in [0.717, 1.165) is 5.01 Å². The highest BCUT2D eigenvalue weighted by molar-refractivity contribution is 7.15. The Morgan fingerprint density at radius 2 is 1.90 bits per heavy atom. The number of nitrogens with zero attached hydrogens (tertiary/aromatic N) is 2. The molecule has 4 nitrogen and oxygen atoms in total. The Morgan fingerprint density at radius 3 is 2.43 bits per heavy atom. The molecule has 0 aliphatic rings. The molecule has 0 bridgehead atoms. The molecule has 21 heavy (non-hydrogen) atoms. The number of hydrogen-bond acceptors (Lipinski definition) is 4. The van der Waals surface area contributed by atoms with E-state index in [0.29, 0.717) is 11.6 Å². The summed E-state index contributed by atoms with van der Waals surface area (Å²) < 4.78 is 0. The van der Waals surface area contributed by atoms with Crippen molar-refractivity contribution in [2.75, 3.05) is 5.32 Å². The minimum atomic E-state index is -0.125. The molecule has 112 valence electrons. The zero-order valence-corrected chi connectivity index (χ0v) is 13.7. The van der Waals surface area contributed by atoms with Crippen LogP contribution < -0.4 is 5.32 Å². The standard InChI is InChI=1S/C16H21N3OS/c1-11-18-19-15(21-11)17-14(20)13(16(2,3)4)10-12-8-6-5-7-9-12/h5-9,13H,10H2,1-4H3,(H,17,19,20). The topological polar surface area (TPSA) is 54.9 Å². The first kappa shape index (κ1) is 15.6. The molecule has 1 heterocycles. The van der Waals surface area contributed by atoms with E-state index in [4.69, 9.17) is 0 Å². The van der Waals surface area contributed by atoms with Gasteiger partial charge in [0.05, 0.1) is 0 Å². The van der Waals surface area contributed by atoms with Crippen molar-refractivity contribution in [1.29, 1.82) is 0 Å². The van der Waals surface area contributed by atoms with Crippen LogP contribution in [0.1, 0.15) is 31.3 Å². The molecule has 0 radical (unpaired) electrons. The van der Waals surface area contributed by atoms with Gasteiger partial charge in [-0.25, -0.2) is 0 Å². The molecule has 0 aliphatic heterocycles. The van der Waals surface area contributed by atoms with Crippen LogP contribution in [-0.2, 0) is 11.2 Å². The van der Waals surface area contributed by atoms with E-state index in [9.17, 15) is 4.79 Å². The van der Waals surface area contributed by atoms with Crippen molar-refractivity contribution in [3.8, 4) is 0 Å². The molecular formula is C16H21N3OS. The molecular weight excluding hydrogens is 282 g/mol. The number of hydrogen-bond donors (Lipinski definition) is 1. The highest BCUT2D eigenvalue weighted by atomic mass is 32.1. The summed E-state index contributed by atoms with van der Waals surface area (Å²) >= 11 is 1.40. The Hall–Kier alpha value is -1.75. The molecule has 2 aromatic rings. The molecule has 1 aromatic heterocycles. The summed E-state index contributed by atoms with van der Waals surface area (Å²) in [5.74, 6) is -0.119. The van der Waals surface area contributed by atoms with Crippen molar-refractivity contribution in [2.45, 2.75) is 34.1 Å². The van der Waals surface area contributed by atoms with E-state index < -0.39 is 0 Å². The number of aromatic nitrogens is 2. The van der Waals surface area contributed by atoms with Gasteiger partial charge in [0.1, 0.15) is 5.01 Å². The van der Waals surface area contributed by atoms with Gasteiger partial charge in [-0.3, -0.25) is 4.79 Å².